The van der Waals surface area contributed by atoms with Gasteiger partial charge in [-0.05, 0) is 19.1 Å². The van der Waals surface area contributed by atoms with E-state index in [4.69, 9.17) is 4.52 Å². The number of fused-ring (bicyclic) bond motifs is 1. The summed E-state index contributed by atoms with van der Waals surface area (Å²) in [5.74, 6) is -0.172. The van der Waals surface area contributed by atoms with E-state index in [1.54, 1.807) is 23.1 Å². The quantitative estimate of drug-likeness (QED) is 0.452. The lowest BCUT2D eigenvalue weighted by Gasteiger charge is -2.33. The predicted molar refractivity (Wildman–Crippen MR) is 119 cm³/mol. The van der Waals surface area contributed by atoms with Gasteiger partial charge < -0.3 is 9.42 Å². The number of carbonyl (C=O) groups excluding carboxylic acids is 1. The highest BCUT2D eigenvalue weighted by molar-refractivity contribution is 7.89. The van der Waals surface area contributed by atoms with Gasteiger partial charge in [-0.2, -0.15) is 13.1 Å². The fraction of sp³-hybridized carbons (Fsp3) is 0.238. The first-order chi connectivity index (χ1) is 15.4. The molecule has 1 amide bonds. The number of benzene rings is 2. The Kier molecular flexibility index (Phi) is 5.24. The van der Waals surface area contributed by atoms with Crippen LogP contribution in [0.5, 0.6) is 0 Å². The Hall–Kier alpha value is -3.15. The summed E-state index contributed by atoms with van der Waals surface area (Å²) in [7, 11) is -3.74. The number of piperazine rings is 1. The molecule has 0 unspecified atom stereocenters. The van der Waals surface area contributed by atoms with Crippen LogP contribution in [0.25, 0.3) is 22.3 Å². The number of amides is 1. The maximum atomic E-state index is 13.2. The topological polar surface area (TPSA) is 110 Å². The van der Waals surface area contributed by atoms with E-state index >= 15 is 0 Å². The molecule has 2 aromatic carbocycles. The Morgan fingerprint density at radius 3 is 2.53 bits per heavy atom. The third kappa shape index (κ3) is 3.68. The van der Waals surface area contributed by atoms with Crippen molar-refractivity contribution < 1.29 is 17.7 Å². The number of nitrogens with zero attached hydrogens (tertiary/aromatic N) is 5. The van der Waals surface area contributed by atoms with Gasteiger partial charge in [0.15, 0.2) is 0 Å². The number of hydrogen-bond donors (Lipinski definition) is 0. The molecule has 0 N–H and O–H groups in total. The predicted octanol–water partition coefficient (Wildman–Crippen LogP) is 2.80. The molecule has 0 aliphatic carbocycles. The molecule has 4 aromatic rings. The Bertz CT molecular complexity index is 1390. The van der Waals surface area contributed by atoms with Crippen molar-refractivity contribution in [1.82, 2.24) is 23.1 Å². The lowest BCUT2D eigenvalue weighted by Crippen LogP contribution is -2.50. The first kappa shape index (κ1) is 20.7. The number of aromatic nitrogens is 3. The van der Waals surface area contributed by atoms with Gasteiger partial charge >= 0.3 is 0 Å². The van der Waals surface area contributed by atoms with Gasteiger partial charge in [0.05, 0.1) is 11.7 Å². The fourth-order valence-corrected chi connectivity index (χ4v) is 5.83. The SMILES string of the molecule is Cc1ccc(-c2cc(C(=O)N3CCN(S(=O)(=O)c4cccc5nsnc45)CC3)on2)cc1. The lowest BCUT2D eigenvalue weighted by atomic mass is 10.1. The number of hydrogen-bond acceptors (Lipinski definition) is 8. The minimum absolute atomic E-state index is 0.134. The standard InChI is InChI=1S/C21H19N5O4S2/c1-14-5-7-15(8-6-14)17-13-18(30-22-17)21(27)25-9-11-26(12-10-25)32(28,29)19-4-2-3-16-20(19)24-31-23-16/h2-8,13H,9-12H2,1H3. The van der Waals surface area contributed by atoms with Crippen LogP contribution in [0.2, 0.25) is 0 Å². The highest BCUT2D eigenvalue weighted by Crippen LogP contribution is 2.26. The Morgan fingerprint density at radius 1 is 1.03 bits per heavy atom. The maximum Gasteiger partial charge on any atom is 0.292 e. The third-order valence-electron chi connectivity index (χ3n) is 5.46. The molecule has 1 fully saturated rings. The van der Waals surface area contributed by atoms with Gasteiger partial charge in [-0.1, -0.05) is 41.1 Å². The molecule has 164 valence electrons. The normalized spacial score (nSPS) is 15.3. The molecule has 1 aliphatic rings. The second-order valence-electron chi connectivity index (χ2n) is 7.53. The maximum absolute atomic E-state index is 13.2. The highest BCUT2D eigenvalue weighted by atomic mass is 32.2. The van der Waals surface area contributed by atoms with Crippen molar-refractivity contribution in [3.63, 3.8) is 0 Å². The van der Waals surface area contributed by atoms with E-state index in [9.17, 15) is 13.2 Å². The summed E-state index contributed by atoms with van der Waals surface area (Å²) < 4.78 is 41.2. The van der Waals surface area contributed by atoms with Crippen LogP contribution in [-0.2, 0) is 10.0 Å². The molecule has 0 saturated carbocycles. The average Bonchev–Trinajstić information content (AvgIpc) is 3.49. The zero-order valence-corrected chi connectivity index (χ0v) is 18.8. The molecule has 0 atom stereocenters. The summed E-state index contributed by atoms with van der Waals surface area (Å²) in [5.41, 5.74) is 3.50. The van der Waals surface area contributed by atoms with Crippen LogP contribution in [0.15, 0.2) is 57.9 Å². The minimum Gasteiger partial charge on any atom is -0.350 e. The van der Waals surface area contributed by atoms with Gasteiger partial charge in [0.2, 0.25) is 15.8 Å². The van der Waals surface area contributed by atoms with Crippen molar-refractivity contribution in [2.75, 3.05) is 26.2 Å². The number of aryl methyl sites for hydroxylation is 1. The first-order valence-electron chi connectivity index (χ1n) is 9.98. The van der Waals surface area contributed by atoms with Crippen molar-refractivity contribution in [2.45, 2.75) is 11.8 Å². The lowest BCUT2D eigenvalue weighted by molar-refractivity contribution is 0.0656. The molecule has 0 spiro atoms. The van der Waals surface area contributed by atoms with Gasteiger partial charge in [0, 0.05) is 37.8 Å². The molecule has 3 heterocycles. The smallest absolute Gasteiger partial charge is 0.292 e. The highest BCUT2D eigenvalue weighted by Gasteiger charge is 2.33. The van der Waals surface area contributed by atoms with E-state index in [2.05, 4.69) is 13.9 Å². The van der Waals surface area contributed by atoms with Crippen molar-refractivity contribution in [1.29, 1.82) is 0 Å². The van der Waals surface area contributed by atoms with Gasteiger partial charge in [-0.3, -0.25) is 4.79 Å². The number of carbonyl (C=O) groups is 1. The summed E-state index contributed by atoms with van der Waals surface area (Å²) in [6.45, 7) is 2.87. The van der Waals surface area contributed by atoms with E-state index in [1.807, 2.05) is 31.2 Å². The summed E-state index contributed by atoms with van der Waals surface area (Å²) in [6, 6.07) is 14.3. The van der Waals surface area contributed by atoms with Crippen LogP contribution in [0.3, 0.4) is 0 Å². The molecule has 1 aliphatic heterocycles. The molecular formula is C21H19N5O4S2. The molecule has 32 heavy (non-hydrogen) atoms. The molecule has 5 rings (SSSR count). The summed E-state index contributed by atoms with van der Waals surface area (Å²) in [5, 5.41) is 4.01. The Balaban J connectivity index is 1.29. The Labute approximate surface area is 188 Å². The van der Waals surface area contributed by atoms with Crippen molar-refractivity contribution in [3.05, 3.63) is 59.9 Å². The molecule has 0 radical (unpaired) electrons. The van der Waals surface area contributed by atoms with E-state index in [0.717, 1.165) is 22.9 Å². The van der Waals surface area contributed by atoms with Crippen LogP contribution in [-0.4, -0.2) is 63.6 Å². The molecule has 1 saturated heterocycles. The monoisotopic (exact) mass is 469 g/mol. The van der Waals surface area contributed by atoms with E-state index in [1.165, 1.54) is 10.4 Å². The van der Waals surface area contributed by atoms with Crippen molar-refractivity contribution in [3.8, 4) is 11.3 Å². The van der Waals surface area contributed by atoms with Crippen molar-refractivity contribution >= 4 is 38.7 Å². The molecule has 0 bridgehead atoms. The zero-order valence-electron chi connectivity index (χ0n) is 17.1. The largest absolute Gasteiger partial charge is 0.350 e. The van der Waals surface area contributed by atoms with Gasteiger partial charge in [0.1, 0.15) is 21.6 Å². The van der Waals surface area contributed by atoms with Crippen LogP contribution in [0.1, 0.15) is 16.1 Å². The molecule has 9 nitrogen and oxygen atoms in total. The second kappa shape index (κ2) is 8.08. The minimum atomic E-state index is -3.74. The molecule has 11 heteroatoms. The van der Waals surface area contributed by atoms with Crippen LogP contribution < -0.4 is 0 Å². The summed E-state index contributed by atoms with van der Waals surface area (Å²) in [6.07, 6.45) is 0. The van der Waals surface area contributed by atoms with E-state index in [-0.39, 0.29) is 42.7 Å². The summed E-state index contributed by atoms with van der Waals surface area (Å²) in [4.78, 5) is 14.6. The van der Waals surface area contributed by atoms with Gasteiger partial charge in [-0.15, -0.1) is 0 Å². The zero-order chi connectivity index (χ0) is 22.3. The van der Waals surface area contributed by atoms with Crippen LogP contribution in [0.4, 0.5) is 0 Å². The second-order valence-corrected chi connectivity index (χ2v) is 9.96. The van der Waals surface area contributed by atoms with Crippen molar-refractivity contribution in [2.24, 2.45) is 0 Å². The first-order valence-corrected chi connectivity index (χ1v) is 12.1. The van der Waals surface area contributed by atoms with Gasteiger partial charge in [0.25, 0.3) is 5.91 Å². The average molecular weight is 470 g/mol. The van der Waals surface area contributed by atoms with Crippen LogP contribution >= 0.6 is 11.7 Å². The Morgan fingerprint density at radius 2 is 1.78 bits per heavy atom. The number of sulfonamides is 1. The van der Waals surface area contributed by atoms with E-state index < -0.39 is 10.0 Å². The summed E-state index contributed by atoms with van der Waals surface area (Å²) >= 11 is 0.980. The van der Waals surface area contributed by atoms with E-state index in [0.29, 0.717) is 16.7 Å². The van der Waals surface area contributed by atoms with Crippen LogP contribution in [0, 0.1) is 6.92 Å². The van der Waals surface area contributed by atoms with Gasteiger partial charge in [-0.25, -0.2) is 8.42 Å². The fourth-order valence-electron chi connectivity index (χ4n) is 3.65. The molecular weight excluding hydrogens is 450 g/mol. The molecule has 2 aromatic heterocycles. The number of rotatable bonds is 4. The third-order valence-corrected chi connectivity index (χ3v) is 7.93.